The fraction of sp³-hybridized carbons (Fsp3) is 0.923. The maximum atomic E-state index is 9.40. The Bertz CT molecular complexity index is 157. The van der Waals surface area contributed by atoms with Crippen LogP contribution in [0, 0.1) is 0 Å². The molecule has 0 heterocycles. The van der Waals surface area contributed by atoms with Gasteiger partial charge in [-0.15, -0.1) is 0 Å². The third kappa shape index (κ3) is 24.5. The van der Waals surface area contributed by atoms with E-state index in [2.05, 4.69) is 13.8 Å². The molecule has 0 saturated carbocycles. The lowest BCUT2D eigenvalue weighted by atomic mass is 10.3. The van der Waals surface area contributed by atoms with Crippen molar-refractivity contribution in [2.45, 2.75) is 52.6 Å². The van der Waals surface area contributed by atoms with E-state index in [9.17, 15) is 5.11 Å². The molecule has 5 nitrogen and oxygen atoms in total. The number of hydrogen-bond acceptors (Lipinski definition) is 4. The molecule has 2 N–H and O–H groups in total. The topological polar surface area (TPSA) is 76.0 Å². The smallest absolute Gasteiger partial charge is 0.300 e. The van der Waals surface area contributed by atoms with Crippen LogP contribution in [0.15, 0.2) is 0 Å². The van der Waals surface area contributed by atoms with Crippen molar-refractivity contribution in [3.63, 3.8) is 0 Å². The Morgan fingerprint density at radius 2 is 1.39 bits per heavy atom. The number of ether oxygens (including phenoxy) is 2. The molecule has 0 aromatic rings. The van der Waals surface area contributed by atoms with Crippen LogP contribution in [-0.2, 0) is 14.3 Å². The summed E-state index contributed by atoms with van der Waals surface area (Å²) in [6.07, 6.45) is 3.91. The summed E-state index contributed by atoms with van der Waals surface area (Å²) in [4.78, 5) is 9.00. The Morgan fingerprint density at radius 1 is 1.06 bits per heavy atom. The van der Waals surface area contributed by atoms with Crippen molar-refractivity contribution in [1.82, 2.24) is 0 Å². The summed E-state index contributed by atoms with van der Waals surface area (Å²) in [6.45, 7) is 7.59. The summed E-state index contributed by atoms with van der Waals surface area (Å²) in [5.41, 5.74) is 0. The number of aliphatic hydroxyl groups is 1. The summed E-state index contributed by atoms with van der Waals surface area (Å²) in [6, 6.07) is 0. The number of aliphatic hydroxyl groups excluding tert-OH is 1. The van der Waals surface area contributed by atoms with E-state index in [1.807, 2.05) is 0 Å². The number of unbranched alkanes of at least 4 members (excludes halogenated alkanes) is 2. The normalized spacial score (nSPS) is 10.1. The minimum absolute atomic E-state index is 0.395. The molecule has 0 atom stereocenters. The lowest BCUT2D eigenvalue weighted by Crippen LogP contribution is -2.22. The second kappa shape index (κ2) is 16.4. The zero-order valence-electron chi connectivity index (χ0n) is 11.9. The van der Waals surface area contributed by atoms with E-state index in [-0.39, 0.29) is 0 Å². The van der Waals surface area contributed by atoms with Gasteiger partial charge in [0.15, 0.2) is 0 Å². The average molecular weight is 264 g/mol. The predicted molar refractivity (Wildman–Crippen MR) is 70.8 cm³/mol. The first-order valence-electron chi connectivity index (χ1n) is 6.57. The van der Waals surface area contributed by atoms with Gasteiger partial charge in [-0.1, -0.05) is 26.7 Å². The van der Waals surface area contributed by atoms with E-state index in [0.717, 1.165) is 45.8 Å². The van der Waals surface area contributed by atoms with Crippen LogP contribution in [0.5, 0.6) is 0 Å². The van der Waals surface area contributed by atoms with Gasteiger partial charge in [-0.2, -0.15) is 0 Å². The highest BCUT2D eigenvalue weighted by molar-refractivity contribution is 5.62. The van der Waals surface area contributed by atoms with Crippen LogP contribution in [0.2, 0.25) is 0 Å². The zero-order chi connectivity index (χ0) is 14.2. The van der Waals surface area contributed by atoms with Crippen molar-refractivity contribution in [2.75, 3.05) is 26.4 Å². The largest absolute Gasteiger partial charge is 0.481 e. The third-order valence-corrected chi connectivity index (χ3v) is 1.90. The number of aliphatic carboxylic acids is 1. The summed E-state index contributed by atoms with van der Waals surface area (Å²) in [5.74, 6) is -0.833. The first-order valence-corrected chi connectivity index (χ1v) is 6.57. The maximum Gasteiger partial charge on any atom is 0.300 e. The molecule has 0 aliphatic heterocycles. The molecular formula is C13H28O5. The first-order chi connectivity index (χ1) is 8.54. The van der Waals surface area contributed by atoms with Crippen LogP contribution >= 0.6 is 0 Å². The monoisotopic (exact) mass is 264 g/mol. The summed E-state index contributed by atoms with van der Waals surface area (Å²) >= 11 is 0. The first kappa shape index (κ1) is 19.7. The van der Waals surface area contributed by atoms with Gasteiger partial charge >= 0.3 is 0 Å². The van der Waals surface area contributed by atoms with E-state index in [0.29, 0.717) is 13.2 Å². The van der Waals surface area contributed by atoms with Gasteiger partial charge < -0.3 is 19.7 Å². The van der Waals surface area contributed by atoms with Crippen LogP contribution in [-0.4, -0.2) is 48.7 Å². The molecule has 0 aliphatic rings. The molecule has 0 bridgehead atoms. The van der Waals surface area contributed by atoms with Crippen LogP contribution < -0.4 is 0 Å². The fourth-order valence-electron chi connectivity index (χ4n) is 0.980. The summed E-state index contributed by atoms with van der Waals surface area (Å²) in [5, 5.41) is 16.8. The van der Waals surface area contributed by atoms with Crippen molar-refractivity contribution in [2.24, 2.45) is 0 Å². The molecule has 0 aromatic carbocycles. The zero-order valence-corrected chi connectivity index (χ0v) is 11.9. The Balaban J connectivity index is 0. The molecule has 0 spiro atoms. The van der Waals surface area contributed by atoms with E-state index in [1.54, 1.807) is 0 Å². The van der Waals surface area contributed by atoms with E-state index in [4.69, 9.17) is 19.4 Å². The Kier molecular flexibility index (Phi) is 17.9. The van der Waals surface area contributed by atoms with Gasteiger partial charge in [0.2, 0.25) is 0 Å². The van der Waals surface area contributed by atoms with Crippen LogP contribution in [0.3, 0.4) is 0 Å². The SMILES string of the molecule is CC(=O)O.CCCCOCC(O)COCCCC. The van der Waals surface area contributed by atoms with Gasteiger partial charge in [0.25, 0.3) is 5.97 Å². The van der Waals surface area contributed by atoms with Crippen molar-refractivity contribution in [3.8, 4) is 0 Å². The van der Waals surface area contributed by atoms with Crippen LogP contribution in [0.1, 0.15) is 46.5 Å². The number of carboxylic acids is 1. The minimum Gasteiger partial charge on any atom is -0.481 e. The minimum atomic E-state index is -0.833. The molecule has 18 heavy (non-hydrogen) atoms. The molecule has 0 saturated heterocycles. The van der Waals surface area contributed by atoms with E-state index in [1.165, 1.54) is 0 Å². The number of carboxylic acid groups (broad SMARTS) is 1. The van der Waals surface area contributed by atoms with Gasteiger partial charge in [0, 0.05) is 20.1 Å². The number of carbonyl (C=O) groups is 1. The molecule has 0 rings (SSSR count). The average Bonchev–Trinajstić information content (AvgIpc) is 2.30. The van der Waals surface area contributed by atoms with Gasteiger partial charge in [0.05, 0.1) is 13.2 Å². The van der Waals surface area contributed by atoms with Gasteiger partial charge in [-0.05, 0) is 12.8 Å². The van der Waals surface area contributed by atoms with E-state index < -0.39 is 12.1 Å². The number of hydrogen-bond donors (Lipinski definition) is 2. The van der Waals surface area contributed by atoms with Crippen molar-refractivity contribution in [3.05, 3.63) is 0 Å². The second-order valence-electron chi connectivity index (χ2n) is 4.03. The molecule has 110 valence electrons. The van der Waals surface area contributed by atoms with Crippen molar-refractivity contribution >= 4 is 5.97 Å². The van der Waals surface area contributed by atoms with Crippen molar-refractivity contribution in [1.29, 1.82) is 0 Å². The Hall–Kier alpha value is -0.650. The summed E-state index contributed by atoms with van der Waals surface area (Å²) < 4.78 is 10.5. The molecule has 0 unspecified atom stereocenters. The standard InChI is InChI=1S/C11H24O3.C2H4O2/c1-3-5-7-13-9-11(12)10-14-8-6-4-2;1-2(3)4/h11-12H,3-10H2,1-2H3;1H3,(H,3,4). The Morgan fingerprint density at radius 3 is 1.67 bits per heavy atom. The lowest BCUT2D eigenvalue weighted by molar-refractivity contribution is -0.134. The molecule has 0 fully saturated rings. The van der Waals surface area contributed by atoms with Gasteiger partial charge in [-0.3, -0.25) is 4.79 Å². The van der Waals surface area contributed by atoms with Crippen molar-refractivity contribution < 1.29 is 24.5 Å². The van der Waals surface area contributed by atoms with Gasteiger partial charge in [-0.25, -0.2) is 0 Å². The second-order valence-corrected chi connectivity index (χ2v) is 4.03. The molecular weight excluding hydrogens is 236 g/mol. The molecule has 0 radical (unpaired) electrons. The molecule has 5 heteroatoms. The highest BCUT2D eigenvalue weighted by atomic mass is 16.5. The summed E-state index contributed by atoms with van der Waals surface area (Å²) in [7, 11) is 0. The quantitative estimate of drug-likeness (QED) is 0.591. The van der Waals surface area contributed by atoms with Crippen LogP contribution in [0.25, 0.3) is 0 Å². The van der Waals surface area contributed by atoms with E-state index >= 15 is 0 Å². The highest BCUT2D eigenvalue weighted by Crippen LogP contribution is 1.93. The predicted octanol–water partition coefficient (Wildman–Crippen LogP) is 2.07. The Labute approximate surface area is 110 Å². The molecule has 0 aromatic heterocycles. The lowest BCUT2D eigenvalue weighted by Gasteiger charge is -2.11. The van der Waals surface area contributed by atoms with Gasteiger partial charge in [0.1, 0.15) is 6.10 Å². The fourth-order valence-corrected chi connectivity index (χ4v) is 0.980. The molecule has 0 aliphatic carbocycles. The highest BCUT2D eigenvalue weighted by Gasteiger charge is 2.03. The number of rotatable bonds is 10. The van der Waals surface area contributed by atoms with Crippen LogP contribution in [0.4, 0.5) is 0 Å². The molecule has 0 amide bonds. The maximum absolute atomic E-state index is 9.40. The third-order valence-electron chi connectivity index (χ3n) is 1.90.